The van der Waals surface area contributed by atoms with Crippen molar-refractivity contribution in [3.05, 3.63) is 65.2 Å². The number of aliphatic carboxylic acids is 1. The molecule has 1 aliphatic carbocycles. The van der Waals surface area contributed by atoms with E-state index in [1.807, 2.05) is 52.0 Å². The topological polar surface area (TPSA) is 46.5 Å². The van der Waals surface area contributed by atoms with Crippen LogP contribution in [0.2, 0.25) is 0 Å². The number of ether oxygens (including phenoxy) is 1. The molecular formula is C26H36O3. The first-order chi connectivity index (χ1) is 14.1. The highest BCUT2D eigenvalue weighted by molar-refractivity contribution is 5.69. The maximum atomic E-state index is 10.7. The zero-order valence-corrected chi connectivity index (χ0v) is 18.8. The summed E-state index contributed by atoms with van der Waals surface area (Å²) in [7, 11) is 1.59. The predicted octanol–water partition coefficient (Wildman–Crippen LogP) is 6.50. The number of hydrogen-bond donors (Lipinski definition) is 1. The molecule has 0 radical (unpaired) electrons. The molecule has 0 saturated heterocycles. The summed E-state index contributed by atoms with van der Waals surface area (Å²) < 4.78 is 5.04. The van der Waals surface area contributed by atoms with Crippen LogP contribution in [0.3, 0.4) is 0 Å². The van der Waals surface area contributed by atoms with E-state index in [-0.39, 0.29) is 12.3 Å². The lowest BCUT2D eigenvalue weighted by Gasteiger charge is -2.09. The number of benzene rings is 2. The van der Waals surface area contributed by atoms with Gasteiger partial charge in [0, 0.05) is 0 Å². The van der Waals surface area contributed by atoms with Gasteiger partial charge < -0.3 is 9.84 Å². The maximum Gasteiger partial charge on any atom is 0.304 e. The number of hydrogen-bond acceptors (Lipinski definition) is 2. The summed E-state index contributed by atoms with van der Waals surface area (Å²) in [5.41, 5.74) is 4.03. The Labute approximate surface area is 177 Å². The first kappa shape index (κ1) is 26.3. The van der Waals surface area contributed by atoms with Crippen LogP contribution in [0.5, 0.6) is 5.75 Å². The van der Waals surface area contributed by atoms with Gasteiger partial charge in [0.1, 0.15) is 5.75 Å². The fraction of sp³-hybridized carbons (Fsp3) is 0.423. The molecule has 0 amide bonds. The molecule has 0 bridgehead atoms. The van der Waals surface area contributed by atoms with Gasteiger partial charge in [0.25, 0.3) is 0 Å². The molecule has 3 nitrogen and oxygen atoms in total. The lowest BCUT2D eigenvalue weighted by molar-refractivity contribution is -0.137. The number of carboxylic acid groups (broad SMARTS) is 1. The summed E-state index contributed by atoms with van der Waals surface area (Å²) in [6, 6.07) is 16.0. The second kappa shape index (κ2) is 16.2. The fourth-order valence-corrected chi connectivity index (χ4v) is 2.95. The van der Waals surface area contributed by atoms with Gasteiger partial charge in [0.15, 0.2) is 0 Å². The third-order valence-electron chi connectivity index (χ3n) is 4.23. The van der Waals surface area contributed by atoms with Crippen LogP contribution in [0.15, 0.2) is 48.5 Å². The van der Waals surface area contributed by atoms with Crippen LogP contribution in [0.1, 0.15) is 70.1 Å². The number of methoxy groups -OCH3 is 1. The zero-order chi connectivity index (χ0) is 22.1. The van der Waals surface area contributed by atoms with E-state index < -0.39 is 5.97 Å². The van der Waals surface area contributed by atoms with E-state index in [9.17, 15) is 4.79 Å². The Kier molecular flexibility index (Phi) is 14.7. The summed E-state index contributed by atoms with van der Waals surface area (Å²) in [6.45, 7) is 9.71. The highest BCUT2D eigenvalue weighted by Gasteiger charge is 2.12. The van der Waals surface area contributed by atoms with Gasteiger partial charge in [-0.1, -0.05) is 70.0 Å². The van der Waals surface area contributed by atoms with E-state index in [2.05, 4.69) is 36.1 Å². The molecule has 29 heavy (non-hydrogen) atoms. The van der Waals surface area contributed by atoms with E-state index in [4.69, 9.17) is 9.84 Å². The van der Waals surface area contributed by atoms with Gasteiger partial charge >= 0.3 is 5.97 Å². The monoisotopic (exact) mass is 396 g/mol. The normalized spacial score (nSPS) is 11.4. The Hall–Kier alpha value is -2.73. The smallest absolute Gasteiger partial charge is 0.304 e. The molecule has 0 saturated carbocycles. The van der Waals surface area contributed by atoms with Crippen LogP contribution in [-0.2, 0) is 17.6 Å². The summed E-state index contributed by atoms with van der Waals surface area (Å²) >= 11 is 0. The predicted molar refractivity (Wildman–Crippen MR) is 123 cm³/mol. The second-order valence-electron chi connectivity index (χ2n) is 5.94. The lowest BCUT2D eigenvalue weighted by atomic mass is 9.96. The zero-order valence-electron chi connectivity index (χ0n) is 18.8. The lowest BCUT2D eigenvalue weighted by Crippen LogP contribution is -2.04. The van der Waals surface area contributed by atoms with Crippen molar-refractivity contribution < 1.29 is 14.6 Å². The third kappa shape index (κ3) is 9.85. The van der Waals surface area contributed by atoms with Crippen LogP contribution in [-0.4, -0.2) is 18.2 Å². The molecule has 3 rings (SSSR count). The van der Waals surface area contributed by atoms with Gasteiger partial charge in [-0.05, 0) is 55.0 Å². The van der Waals surface area contributed by atoms with Crippen molar-refractivity contribution in [2.45, 2.75) is 66.2 Å². The molecule has 3 heteroatoms. The molecule has 0 aromatic heterocycles. The number of aryl methyl sites for hydroxylation is 2. The third-order valence-corrected chi connectivity index (χ3v) is 4.23. The van der Waals surface area contributed by atoms with Crippen LogP contribution < -0.4 is 4.74 Å². The minimum absolute atomic E-state index is 0.0210. The van der Waals surface area contributed by atoms with Crippen molar-refractivity contribution in [1.29, 1.82) is 0 Å². The van der Waals surface area contributed by atoms with Crippen LogP contribution in [0.25, 0.3) is 0 Å². The van der Waals surface area contributed by atoms with E-state index in [1.54, 1.807) is 25.2 Å². The molecule has 2 aromatic carbocycles. The Morgan fingerprint density at radius 3 is 1.93 bits per heavy atom. The molecule has 0 heterocycles. The first-order valence-corrected chi connectivity index (χ1v) is 10.5. The average Bonchev–Trinajstić information content (AvgIpc) is 3.25. The van der Waals surface area contributed by atoms with E-state index in [0.29, 0.717) is 0 Å². The summed E-state index contributed by atoms with van der Waals surface area (Å²) in [5, 5.41) is 8.78. The number of rotatable bonds is 4. The molecule has 2 aromatic rings. The standard InChI is InChI=1S/C13H14O3.C9H10.2C2H6/c1-3-4-11(9-13(14)15)10-5-7-12(16-2)8-6-10;1-2-5-9-7-3-6-8(9)4-1;2*1-2/h5-8,11H,9H2,1-2H3,(H,14,15);1-2,4-5H,3,6-7H2;2*1-2H3. The van der Waals surface area contributed by atoms with E-state index in [0.717, 1.165) is 11.3 Å². The largest absolute Gasteiger partial charge is 0.497 e. The molecule has 0 spiro atoms. The molecule has 1 atom stereocenters. The van der Waals surface area contributed by atoms with E-state index in [1.165, 1.54) is 19.3 Å². The van der Waals surface area contributed by atoms with Crippen molar-refractivity contribution in [3.63, 3.8) is 0 Å². The number of carbonyl (C=O) groups is 1. The molecule has 1 N–H and O–H groups in total. The van der Waals surface area contributed by atoms with Crippen molar-refractivity contribution >= 4 is 5.97 Å². The van der Waals surface area contributed by atoms with Crippen molar-refractivity contribution in [2.75, 3.05) is 7.11 Å². The average molecular weight is 397 g/mol. The van der Waals surface area contributed by atoms with Gasteiger partial charge in [0.2, 0.25) is 0 Å². The highest BCUT2D eigenvalue weighted by Crippen LogP contribution is 2.22. The molecule has 1 unspecified atom stereocenters. The maximum absolute atomic E-state index is 10.7. The van der Waals surface area contributed by atoms with Gasteiger partial charge in [-0.3, -0.25) is 4.79 Å². The van der Waals surface area contributed by atoms with Gasteiger partial charge in [-0.25, -0.2) is 0 Å². The van der Waals surface area contributed by atoms with E-state index >= 15 is 0 Å². The molecular weight excluding hydrogens is 360 g/mol. The Bertz CT molecular complexity index is 729. The molecule has 158 valence electrons. The SMILES string of the molecule is CC.CC.CC#CC(CC(=O)O)c1ccc(OC)cc1.c1ccc2c(c1)CCC2. The first-order valence-electron chi connectivity index (χ1n) is 10.5. The Morgan fingerprint density at radius 2 is 1.52 bits per heavy atom. The quantitative estimate of drug-likeness (QED) is 0.600. The van der Waals surface area contributed by atoms with Gasteiger partial charge in [-0.2, -0.15) is 0 Å². The van der Waals surface area contributed by atoms with Crippen LogP contribution in [0.4, 0.5) is 0 Å². The van der Waals surface area contributed by atoms with Gasteiger partial charge in [-0.15, -0.1) is 5.92 Å². The summed E-state index contributed by atoms with van der Waals surface area (Å²) in [4.78, 5) is 10.7. The molecule has 0 aliphatic heterocycles. The second-order valence-corrected chi connectivity index (χ2v) is 5.94. The Morgan fingerprint density at radius 1 is 1.00 bits per heavy atom. The van der Waals surface area contributed by atoms with Crippen molar-refractivity contribution in [1.82, 2.24) is 0 Å². The Balaban J connectivity index is 0.000000505. The highest BCUT2D eigenvalue weighted by atomic mass is 16.5. The van der Waals surface area contributed by atoms with Crippen LogP contribution in [0, 0.1) is 11.8 Å². The summed E-state index contributed by atoms with van der Waals surface area (Å²) in [5.74, 6) is 5.30. The fourth-order valence-electron chi connectivity index (χ4n) is 2.95. The van der Waals surface area contributed by atoms with Gasteiger partial charge in [0.05, 0.1) is 19.4 Å². The number of fused-ring (bicyclic) bond motifs is 1. The van der Waals surface area contributed by atoms with Crippen molar-refractivity contribution in [3.8, 4) is 17.6 Å². The van der Waals surface area contributed by atoms with Crippen LogP contribution >= 0.6 is 0 Å². The summed E-state index contributed by atoms with van der Waals surface area (Å²) in [6.07, 6.45) is 3.98. The van der Waals surface area contributed by atoms with Crippen molar-refractivity contribution in [2.24, 2.45) is 0 Å². The number of carboxylic acids is 1. The minimum Gasteiger partial charge on any atom is -0.497 e. The molecule has 1 aliphatic rings. The molecule has 0 fully saturated rings. The minimum atomic E-state index is -0.844.